The molecule has 0 aromatic rings. The van der Waals surface area contributed by atoms with E-state index in [-0.39, 0.29) is 11.5 Å². The number of ether oxygens (including phenoxy) is 3. The molecule has 2 aliphatic heterocycles. The predicted molar refractivity (Wildman–Crippen MR) is 29.4 cm³/mol. The number of carbonyl (C=O) groups excluding carboxylic acids is 2. The Labute approximate surface area is 60.8 Å². The van der Waals surface area contributed by atoms with Crippen molar-refractivity contribution in [1.29, 1.82) is 0 Å². The summed E-state index contributed by atoms with van der Waals surface area (Å²) in [5.74, 6) is -1.46. The molecule has 5 heteroatoms. The van der Waals surface area contributed by atoms with Crippen LogP contribution in [0, 0.1) is 0 Å². The number of rotatable bonds is 2. The lowest BCUT2D eigenvalue weighted by Crippen LogP contribution is -2.10. The number of hydrogen-bond donors (Lipinski definition) is 0. The van der Waals surface area contributed by atoms with E-state index in [1.807, 2.05) is 0 Å². The van der Waals surface area contributed by atoms with Crippen molar-refractivity contribution >= 4 is 11.9 Å². The first-order valence-corrected chi connectivity index (χ1v) is 2.77. The molecule has 0 saturated carbocycles. The lowest BCUT2D eigenvalue weighted by Gasteiger charge is -1.91. The Bertz CT molecular complexity index is 268. The van der Waals surface area contributed by atoms with Gasteiger partial charge in [-0.05, 0) is 0 Å². The first-order chi connectivity index (χ1) is 5.27. The van der Waals surface area contributed by atoms with Crippen molar-refractivity contribution in [3.05, 3.63) is 24.0 Å². The summed E-state index contributed by atoms with van der Waals surface area (Å²) in [6.45, 7) is 0. The van der Waals surface area contributed by atoms with Gasteiger partial charge in [-0.25, -0.2) is 9.59 Å². The van der Waals surface area contributed by atoms with E-state index < -0.39 is 11.9 Å². The molecule has 0 radical (unpaired) electrons. The summed E-state index contributed by atoms with van der Waals surface area (Å²) in [6, 6.07) is 0. The third-order valence-electron chi connectivity index (χ3n) is 1.06. The van der Waals surface area contributed by atoms with Crippen LogP contribution < -0.4 is 0 Å². The van der Waals surface area contributed by atoms with Crippen molar-refractivity contribution in [3.63, 3.8) is 0 Å². The van der Waals surface area contributed by atoms with Gasteiger partial charge in [0, 0.05) is 0 Å². The molecule has 0 N–H and O–H groups in total. The first kappa shape index (κ1) is 5.96. The van der Waals surface area contributed by atoms with Crippen LogP contribution in [-0.2, 0) is 23.8 Å². The van der Waals surface area contributed by atoms with Gasteiger partial charge in [0.15, 0.2) is 0 Å². The predicted octanol–water partition coefficient (Wildman–Crippen LogP) is -0.201. The lowest BCUT2D eigenvalue weighted by atomic mass is 10.6. The average molecular weight is 154 g/mol. The van der Waals surface area contributed by atoms with Gasteiger partial charge >= 0.3 is 11.9 Å². The topological polar surface area (TPSA) is 68.4 Å². The van der Waals surface area contributed by atoms with E-state index in [0.29, 0.717) is 0 Å². The SMILES string of the molecule is O=C(OC(=O)C1=CO1)C1=CO1. The highest BCUT2D eigenvalue weighted by Crippen LogP contribution is 2.19. The maximum absolute atomic E-state index is 10.6. The van der Waals surface area contributed by atoms with Gasteiger partial charge in [-0.1, -0.05) is 0 Å². The molecule has 11 heavy (non-hydrogen) atoms. The molecule has 0 aromatic carbocycles. The van der Waals surface area contributed by atoms with Crippen molar-refractivity contribution in [3.8, 4) is 0 Å². The molecule has 0 unspecified atom stereocenters. The highest BCUT2D eigenvalue weighted by Gasteiger charge is 2.30. The maximum atomic E-state index is 10.6. The Kier molecular flexibility index (Phi) is 1.00. The monoisotopic (exact) mass is 154 g/mol. The van der Waals surface area contributed by atoms with Gasteiger partial charge in [0.1, 0.15) is 12.5 Å². The summed E-state index contributed by atoms with van der Waals surface area (Å²) < 4.78 is 13.0. The van der Waals surface area contributed by atoms with E-state index in [4.69, 9.17) is 0 Å². The summed E-state index contributed by atoms with van der Waals surface area (Å²) in [5.41, 5.74) is 0. The van der Waals surface area contributed by atoms with Gasteiger partial charge < -0.3 is 14.2 Å². The molecule has 0 aliphatic carbocycles. The van der Waals surface area contributed by atoms with Crippen LogP contribution >= 0.6 is 0 Å². The van der Waals surface area contributed by atoms with Crippen LogP contribution in [0.4, 0.5) is 0 Å². The minimum absolute atomic E-state index is 0.0552. The summed E-state index contributed by atoms with van der Waals surface area (Å²) in [5, 5.41) is 0. The summed E-state index contributed by atoms with van der Waals surface area (Å²) in [6.07, 6.45) is 2.38. The molecule has 0 bridgehead atoms. The van der Waals surface area contributed by atoms with Crippen LogP contribution in [-0.4, -0.2) is 11.9 Å². The van der Waals surface area contributed by atoms with Crippen molar-refractivity contribution < 1.29 is 23.8 Å². The zero-order chi connectivity index (χ0) is 7.84. The Morgan fingerprint density at radius 1 is 1.09 bits per heavy atom. The lowest BCUT2D eigenvalue weighted by molar-refractivity contribution is -0.155. The Hall–Kier alpha value is -1.78. The Balaban J connectivity index is 1.88. The van der Waals surface area contributed by atoms with Crippen molar-refractivity contribution in [1.82, 2.24) is 0 Å². The second-order valence-electron chi connectivity index (χ2n) is 1.88. The van der Waals surface area contributed by atoms with Gasteiger partial charge in [-0.2, -0.15) is 0 Å². The molecule has 2 aliphatic rings. The Morgan fingerprint density at radius 3 is 1.73 bits per heavy atom. The van der Waals surface area contributed by atoms with Crippen LogP contribution in [0.2, 0.25) is 0 Å². The minimum atomic E-state index is -0.786. The number of carbonyl (C=O) groups is 2. The zero-order valence-corrected chi connectivity index (χ0v) is 5.20. The average Bonchev–Trinajstić information content (AvgIpc) is 2.84. The van der Waals surface area contributed by atoms with Gasteiger partial charge in [0.25, 0.3) is 0 Å². The number of esters is 2. The van der Waals surface area contributed by atoms with Gasteiger partial charge in [-0.15, -0.1) is 0 Å². The van der Waals surface area contributed by atoms with Crippen molar-refractivity contribution in [2.24, 2.45) is 0 Å². The smallest absolute Gasteiger partial charge is 0.385 e. The van der Waals surface area contributed by atoms with Crippen LogP contribution in [0.3, 0.4) is 0 Å². The molecule has 0 atom stereocenters. The largest absolute Gasteiger partial charge is 0.450 e. The van der Waals surface area contributed by atoms with E-state index in [0.717, 1.165) is 0 Å². The highest BCUT2D eigenvalue weighted by molar-refractivity contribution is 6.02. The third-order valence-corrected chi connectivity index (χ3v) is 1.06. The number of hydrogen-bond acceptors (Lipinski definition) is 5. The summed E-state index contributed by atoms with van der Waals surface area (Å²) in [7, 11) is 0. The zero-order valence-electron chi connectivity index (χ0n) is 5.20. The Morgan fingerprint density at radius 2 is 1.45 bits per heavy atom. The molecule has 5 nitrogen and oxygen atoms in total. The molecule has 0 saturated heterocycles. The molecule has 2 heterocycles. The van der Waals surface area contributed by atoms with Crippen molar-refractivity contribution in [2.45, 2.75) is 0 Å². The van der Waals surface area contributed by atoms with E-state index in [1.165, 1.54) is 12.5 Å². The van der Waals surface area contributed by atoms with E-state index in [1.54, 1.807) is 0 Å². The quantitative estimate of drug-likeness (QED) is 0.407. The van der Waals surface area contributed by atoms with E-state index in [9.17, 15) is 9.59 Å². The van der Waals surface area contributed by atoms with E-state index >= 15 is 0 Å². The normalized spacial score (nSPS) is 16.7. The first-order valence-electron chi connectivity index (χ1n) is 2.77. The third kappa shape index (κ3) is 1.21. The molecular weight excluding hydrogens is 152 g/mol. The fourth-order valence-corrected chi connectivity index (χ4v) is 0.436. The molecule has 0 fully saturated rings. The summed E-state index contributed by atoms with van der Waals surface area (Å²) in [4.78, 5) is 21.3. The molecule has 2 rings (SSSR count). The molecule has 0 aromatic heterocycles. The van der Waals surface area contributed by atoms with Crippen LogP contribution in [0.1, 0.15) is 0 Å². The fraction of sp³-hybridized carbons (Fsp3) is 0. The minimum Gasteiger partial charge on any atom is -0.450 e. The standard InChI is InChI=1S/C6H2O5/c7-5(3-1-9-3)11-6(8)4-2-10-4/h1-2H. The molecule has 56 valence electrons. The highest BCUT2D eigenvalue weighted by atomic mass is 16.6. The van der Waals surface area contributed by atoms with Crippen LogP contribution in [0.5, 0.6) is 0 Å². The summed E-state index contributed by atoms with van der Waals surface area (Å²) >= 11 is 0. The second kappa shape index (κ2) is 1.85. The fourth-order valence-electron chi connectivity index (χ4n) is 0.436. The van der Waals surface area contributed by atoms with Gasteiger partial charge in [-0.3, -0.25) is 0 Å². The van der Waals surface area contributed by atoms with Crippen LogP contribution in [0.15, 0.2) is 24.0 Å². The van der Waals surface area contributed by atoms with Gasteiger partial charge in [0.2, 0.25) is 11.5 Å². The van der Waals surface area contributed by atoms with Crippen LogP contribution in [0.25, 0.3) is 0 Å². The van der Waals surface area contributed by atoms with E-state index in [2.05, 4.69) is 14.2 Å². The molecule has 0 spiro atoms. The second-order valence-corrected chi connectivity index (χ2v) is 1.88. The maximum Gasteiger partial charge on any atom is 0.385 e. The molecular formula is C6H2O5. The van der Waals surface area contributed by atoms with Crippen molar-refractivity contribution in [2.75, 3.05) is 0 Å². The van der Waals surface area contributed by atoms with Gasteiger partial charge in [0.05, 0.1) is 0 Å². The molecule has 0 amide bonds.